The molecule has 1 heterocycles. The Kier molecular flexibility index (Phi) is 8.63. The Labute approximate surface area is 223 Å². The minimum Gasteiger partial charge on any atom is -0.497 e. The van der Waals surface area contributed by atoms with Gasteiger partial charge in [0.2, 0.25) is 5.91 Å². The van der Waals surface area contributed by atoms with Crippen molar-refractivity contribution in [3.05, 3.63) is 77.4 Å². The quantitative estimate of drug-likeness (QED) is 0.351. The summed E-state index contributed by atoms with van der Waals surface area (Å²) in [5.41, 5.74) is 2.89. The zero-order valence-corrected chi connectivity index (χ0v) is 22.4. The van der Waals surface area contributed by atoms with E-state index in [0.29, 0.717) is 41.7 Å². The van der Waals surface area contributed by atoms with Crippen molar-refractivity contribution in [1.29, 1.82) is 0 Å². The number of carbonyl (C=O) groups excluding carboxylic acids is 1. The molecule has 200 valence electrons. The van der Waals surface area contributed by atoms with Gasteiger partial charge in [0.25, 0.3) is 0 Å². The van der Waals surface area contributed by atoms with E-state index in [4.69, 9.17) is 28.4 Å². The van der Waals surface area contributed by atoms with Crippen LogP contribution in [-0.2, 0) is 11.2 Å². The van der Waals surface area contributed by atoms with E-state index >= 15 is 0 Å². The first kappa shape index (κ1) is 26.7. The molecule has 0 saturated heterocycles. The standard InChI is InChI=1S/C30H33NO7/c1-33-22-8-10-23(11-9-22)38-19-25-24-18-29(37-5)28(36-4)17-21(24)14-15-31(25)30(32)13-7-20-6-12-26(34-2)27(16-20)35-3/h6-13,16-18,25H,14-15,19H2,1-5H3/b13-7+/t25-/m0/s1. The Balaban J connectivity index is 1.62. The van der Waals surface area contributed by atoms with E-state index in [2.05, 4.69) is 0 Å². The molecule has 0 aliphatic carbocycles. The molecule has 0 fully saturated rings. The largest absolute Gasteiger partial charge is 0.497 e. The van der Waals surface area contributed by atoms with E-state index in [1.54, 1.807) is 47.7 Å². The molecule has 0 saturated carbocycles. The molecular weight excluding hydrogens is 486 g/mol. The molecule has 1 atom stereocenters. The van der Waals surface area contributed by atoms with E-state index in [-0.39, 0.29) is 18.6 Å². The van der Waals surface area contributed by atoms with Gasteiger partial charge in [-0.25, -0.2) is 0 Å². The van der Waals surface area contributed by atoms with Crippen LogP contribution in [0.15, 0.2) is 60.7 Å². The third-order valence-electron chi connectivity index (χ3n) is 6.58. The molecule has 1 amide bonds. The van der Waals surface area contributed by atoms with Crippen LogP contribution >= 0.6 is 0 Å². The van der Waals surface area contributed by atoms with Crippen molar-refractivity contribution in [3.63, 3.8) is 0 Å². The second kappa shape index (κ2) is 12.3. The van der Waals surface area contributed by atoms with Crippen LogP contribution in [0.1, 0.15) is 22.7 Å². The topological polar surface area (TPSA) is 75.7 Å². The van der Waals surface area contributed by atoms with Crippen LogP contribution in [0, 0.1) is 0 Å². The summed E-state index contributed by atoms with van der Waals surface area (Å²) < 4.78 is 33.2. The first-order valence-electron chi connectivity index (χ1n) is 12.2. The molecule has 0 spiro atoms. The van der Waals surface area contributed by atoms with Crippen molar-refractivity contribution in [2.75, 3.05) is 48.7 Å². The van der Waals surface area contributed by atoms with Gasteiger partial charge in [0.05, 0.1) is 41.6 Å². The zero-order valence-electron chi connectivity index (χ0n) is 22.4. The molecule has 8 nitrogen and oxygen atoms in total. The van der Waals surface area contributed by atoms with Gasteiger partial charge in [0, 0.05) is 12.6 Å². The van der Waals surface area contributed by atoms with E-state index in [1.165, 1.54) is 0 Å². The minimum absolute atomic E-state index is 0.122. The van der Waals surface area contributed by atoms with Crippen molar-refractivity contribution in [1.82, 2.24) is 4.90 Å². The fourth-order valence-electron chi connectivity index (χ4n) is 4.54. The molecule has 0 bridgehead atoms. The number of ether oxygens (including phenoxy) is 6. The van der Waals surface area contributed by atoms with Crippen molar-refractivity contribution >= 4 is 12.0 Å². The zero-order chi connectivity index (χ0) is 27.1. The Morgan fingerprint density at radius 3 is 2.08 bits per heavy atom. The molecule has 38 heavy (non-hydrogen) atoms. The molecular formula is C30H33NO7. The van der Waals surface area contributed by atoms with Crippen molar-refractivity contribution in [2.24, 2.45) is 0 Å². The summed E-state index contributed by atoms with van der Waals surface area (Å²) in [6.07, 6.45) is 4.04. The van der Waals surface area contributed by atoms with Gasteiger partial charge in [-0.3, -0.25) is 4.79 Å². The van der Waals surface area contributed by atoms with Gasteiger partial charge in [-0.15, -0.1) is 0 Å². The number of hydrogen-bond acceptors (Lipinski definition) is 7. The molecule has 0 radical (unpaired) electrons. The van der Waals surface area contributed by atoms with E-state index in [0.717, 1.165) is 22.4 Å². The molecule has 1 aliphatic rings. The molecule has 8 heteroatoms. The van der Waals surface area contributed by atoms with Crippen LogP contribution < -0.4 is 28.4 Å². The fraction of sp³-hybridized carbons (Fsp3) is 0.300. The third-order valence-corrected chi connectivity index (χ3v) is 6.58. The molecule has 1 aliphatic heterocycles. The second-order valence-corrected chi connectivity index (χ2v) is 8.64. The first-order valence-corrected chi connectivity index (χ1v) is 12.2. The lowest BCUT2D eigenvalue weighted by atomic mass is 9.92. The van der Waals surface area contributed by atoms with Crippen LogP contribution in [0.5, 0.6) is 34.5 Å². The predicted octanol–water partition coefficient (Wildman–Crippen LogP) is 4.95. The summed E-state index contributed by atoms with van der Waals surface area (Å²) >= 11 is 0. The fourth-order valence-corrected chi connectivity index (χ4v) is 4.54. The van der Waals surface area contributed by atoms with Gasteiger partial charge in [0.1, 0.15) is 18.1 Å². The van der Waals surface area contributed by atoms with Gasteiger partial charge in [0.15, 0.2) is 23.0 Å². The number of fused-ring (bicyclic) bond motifs is 1. The number of methoxy groups -OCH3 is 5. The Hall–Kier alpha value is -4.33. The number of nitrogens with zero attached hydrogens (tertiary/aromatic N) is 1. The summed E-state index contributed by atoms with van der Waals surface area (Å²) in [4.78, 5) is 15.3. The first-order chi connectivity index (χ1) is 18.5. The number of benzene rings is 3. The van der Waals surface area contributed by atoms with Crippen LogP contribution in [0.4, 0.5) is 0 Å². The van der Waals surface area contributed by atoms with Crippen molar-refractivity contribution < 1.29 is 33.2 Å². The maximum absolute atomic E-state index is 13.5. The third kappa shape index (κ3) is 5.80. The molecule has 4 rings (SSSR count). The summed E-state index contributed by atoms with van der Waals surface area (Å²) in [7, 11) is 8.01. The highest BCUT2D eigenvalue weighted by Crippen LogP contribution is 2.39. The van der Waals surface area contributed by atoms with Gasteiger partial charge >= 0.3 is 0 Å². The molecule has 0 unspecified atom stereocenters. The summed E-state index contributed by atoms with van der Waals surface area (Å²) in [6, 6.07) is 16.5. The van der Waals surface area contributed by atoms with Crippen molar-refractivity contribution in [2.45, 2.75) is 12.5 Å². The van der Waals surface area contributed by atoms with Gasteiger partial charge < -0.3 is 33.3 Å². The average Bonchev–Trinajstić information content (AvgIpc) is 2.97. The normalized spacial score (nSPS) is 14.6. The molecule has 3 aromatic carbocycles. The Morgan fingerprint density at radius 2 is 1.42 bits per heavy atom. The van der Waals surface area contributed by atoms with Gasteiger partial charge in [-0.05, 0) is 77.7 Å². The van der Waals surface area contributed by atoms with E-state index in [1.807, 2.05) is 59.5 Å². The maximum Gasteiger partial charge on any atom is 0.247 e. The van der Waals surface area contributed by atoms with Crippen LogP contribution in [-0.4, -0.2) is 59.5 Å². The summed E-state index contributed by atoms with van der Waals surface area (Å²) in [6.45, 7) is 0.805. The van der Waals surface area contributed by atoms with E-state index < -0.39 is 0 Å². The SMILES string of the molecule is COc1ccc(OC[C@H]2c3cc(OC)c(OC)cc3CCN2C(=O)/C=C/c2ccc(OC)c(OC)c2)cc1. The van der Waals surface area contributed by atoms with Crippen LogP contribution in [0.3, 0.4) is 0 Å². The molecule has 0 N–H and O–H groups in total. The molecule has 3 aromatic rings. The lowest BCUT2D eigenvalue weighted by Crippen LogP contribution is -2.41. The van der Waals surface area contributed by atoms with Gasteiger partial charge in [-0.1, -0.05) is 6.07 Å². The smallest absolute Gasteiger partial charge is 0.247 e. The Bertz CT molecular complexity index is 1290. The monoisotopic (exact) mass is 519 g/mol. The van der Waals surface area contributed by atoms with Crippen LogP contribution in [0.25, 0.3) is 6.08 Å². The van der Waals surface area contributed by atoms with Crippen molar-refractivity contribution in [3.8, 4) is 34.5 Å². The highest BCUT2D eigenvalue weighted by Gasteiger charge is 2.32. The maximum atomic E-state index is 13.5. The number of carbonyl (C=O) groups is 1. The molecule has 0 aromatic heterocycles. The Morgan fingerprint density at radius 1 is 0.789 bits per heavy atom. The predicted molar refractivity (Wildman–Crippen MR) is 145 cm³/mol. The second-order valence-electron chi connectivity index (χ2n) is 8.64. The van der Waals surface area contributed by atoms with E-state index in [9.17, 15) is 4.79 Å². The number of hydrogen-bond donors (Lipinski definition) is 0. The average molecular weight is 520 g/mol. The van der Waals surface area contributed by atoms with Crippen LogP contribution in [0.2, 0.25) is 0 Å². The number of rotatable bonds is 10. The lowest BCUT2D eigenvalue weighted by molar-refractivity contribution is -0.129. The minimum atomic E-state index is -0.330. The number of amides is 1. The summed E-state index contributed by atoms with van der Waals surface area (Å²) in [5.74, 6) is 3.80. The highest BCUT2D eigenvalue weighted by atomic mass is 16.5. The summed E-state index contributed by atoms with van der Waals surface area (Å²) in [5, 5.41) is 0. The lowest BCUT2D eigenvalue weighted by Gasteiger charge is -2.37. The highest BCUT2D eigenvalue weighted by molar-refractivity contribution is 5.92. The van der Waals surface area contributed by atoms with Gasteiger partial charge in [-0.2, -0.15) is 0 Å².